The van der Waals surface area contributed by atoms with E-state index in [9.17, 15) is 4.79 Å². The monoisotopic (exact) mass is 259 g/mol. The molecule has 0 fully saturated rings. The minimum Gasteiger partial charge on any atom is -0.493 e. The summed E-state index contributed by atoms with van der Waals surface area (Å²) in [4.78, 5) is 10.9. The van der Waals surface area contributed by atoms with Gasteiger partial charge in [-0.3, -0.25) is 4.79 Å². The highest BCUT2D eigenvalue weighted by Crippen LogP contribution is 2.17. The van der Waals surface area contributed by atoms with Crippen molar-refractivity contribution in [3.63, 3.8) is 0 Å². The van der Waals surface area contributed by atoms with Gasteiger partial charge in [0.1, 0.15) is 5.75 Å². The van der Waals surface area contributed by atoms with E-state index < -0.39 is 0 Å². The molecular formula is C11H14ClNO2S. The molecule has 0 spiro atoms. The van der Waals surface area contributed by atoms with Gasteiger partial charge >= 0.3 is 0 Å². The SMILES string of the molecule is CNC(=O)CSCCOc1cccc(Cl)c1. The third-order valence-corrected chi connectivity index (χ3v) is 2.96. The van der Waals surface area contributed by atoms with E-state index in [1.54, 1.807) is 19.2 Å². The van der Waals surface area contributed by atoms with Crippen molar-refractivity contribution in [3.8, 4) is 5.75 Å². The summed E-state index contributed by atoms with van der Waals surface area (Å²) in [6.45, 7) is 0.571. The number of thioether (sulfide) groups is 1. The van der Waals surface area contributed by atoms with Crippen molar-refractivity contribution in [2.24, 2.45) is 0 Å². The van der Waals surface area contributed by atoms with Crippen molar-refractivity contribution in [1.29, 1.82) is 0 Å². The molecule has 5 heteroatoms. The minimum absolute atomic E-state index is 0.0350. The fraction of sp³-hybridized carbons (Fsp3) is 0.364. The van der Waals surface area contributed by atoms with Crippen LogP contribution >= 0.6 is 23.4 Å². The average molecular weight is 260 g/mol. The van der Waals surface area contributed by atoms with Crippen LogP contribution in [-0.2, 0) is 4.79 Å². The van der Waals surface area contributed by atoms with Crippen LogP contribution in [0.5, 0.6) is 5.75 Å². The van der Waals surface area contributed by atoms with Gasteiger partial charge in [-0.15, -0.1) is 11.8 Å². The third kappa shape index (κ3) is 5.28. The van der Waals surface area contributed by atoms with Gasteiger partial charge in [-0.25, -0.2) is 0 Å². The van der Waals surface area contributed by atoms with Crippen LogP contribution in [0.4, 0.5) is 0 Å². The summed E-state index contributed by atoms with van der Waals surface area (Å²) in [6.07, 6.45) is 0. The second-order valence-corrected chi connectivity index (χ2v) is 4.57. The first kappa shape index (κ1) is 13.2. The van der Waals surface area contributed by atoms with E-state index in [1.807, 2.05) is 12.1 Å². The van der Waals surface area contributed by atoms with Gasteiger partial charge in [0.25, 0.3) is 0 Å². The predicted molar refractivity (Wildman–Crippen MR) is 68.3 cm³/mol. The second-order valence-electron chi connectivity index (χ2n) is 3.03. The van der Waals surface area contributed by atoms with Gasteiger partial charge in [0.05, 0.1) is 12.4 Å². The molecule has 3 nitrogen and oxygen atoms in total. The number of nitrogens with one attached hydrogen (secondary N) is 1. The topological polar surface area (TPSA) is 38.3 Å². The van der Waals surface area contributed by atoms with Gasteiger partial charge in [-0.2, -0.15) is 0 Å². The summed E-state index contributed by atoms with van der Waals surface area (Å²) in [5.41, 5.74) is 0. The molecule has 1 aromatic carbocycles. The van der Waals surface area contributed by atoms with Crippen LogP contribution < -0.4 is 10.1 Å². The predicted octanol–water partition coefficient (Wildman–Crippen LogP) is 2.20. The zero-order chi connectivity index (χ0) is 11.8. The van der Waals surface area contributed by atoms with Gasteiger partial charge in [-0.1, -0.05) is 17.7 Å². The standard InChI is InChI=1S/C11H14ClNO2S/c1-13-11(14)8-16-6-5-15-10-4-2-3-9(12)7-10/h2-4,7H,5-6,8H2,1H3,(H,13,14). The Labute approximate surface area is 105 Å². The number of benzene rings is 1. The van der Waals surface area contributed by atoms with Crippen molar-refractivity contribution in [2.75, 3.05) is 25.2 Å². The normalized spacial score (nSPS) is 9.88. The molecule has 0 saturated carbocycles. The van der Waals surface area contributed by atoms with Crippen molar-refractivity contribution in [1.82, 2.24) is 5.32 Å². The number of hydrogen-bond donors (Lipinski definition) is 1. The number of carbonyl (C=O) groups is 1. The number of rotatable bonds is 6. The highest BCUT2D eigenvalue weighted by atomic mass is 35.5. The van der Waals surface area contributed by atoms with Crippen molar-refractivity contribution >= 4 is 29.3 Å². The molecule has 1 N–H and O–H groups in total. The molecule has 0 saturated heterocycles. The molecule has 88 valence electrons. The first-order valence-electron chi connectivity index (χ1n) is 4.89. The summed E-state index contributed by atoms with van der Waals surface area (Å²) in [6, 6.07) is 7.27. The Balaban J connectivity index is 2.14. The van der Waals surface area contributed by atoms with Crippen LogP contribution in [0.15, 0.2) is 24.3 Å². The number of ether oxygens (including phenoxy) is 1. The number of hydrogen-bond acceptors (Lipinski definition) is 3. The molecule has 0 aliphatic rings. The first-order chi connectivity index (χ1) is 7.72. The maximum absolute atomic E-state index is 10.9. The summed E-state index contributed by atoms with van der Waals surface area (Å²) in [5, 5.41) is 3.23. The van der Waals surface area contributed by atoms with Crippen LogP contribution in [0.25, 0.3) is 0 Å². The van der Waals surface area contributed by atoms with Crippen molar-refractivity contribution in [2.45, 2.75) is 0 Å². The molecule has 0 bridgehead atoms. The molecular weight excluding hydrogens is 246 g/mol. The van der Waals surface area contributed by atoms with Crippen LogP contribution in [0.2, 0.25) is 5.02 Å². The van der Waals surface area contributed by atoms with E-state index in [0.29, 0.717) is 17.4 Å². The van der Waals surface area contributed by atoms with E-state index in [-0.39, 0.29) is 5.91 Å². The zero-order valence-corrected chi connectivity index (χ0v) is 10.6. The molecule has 0 atom stereocenters. The lowest BCUT2D eigenvalue weighted by molar-refractivity contribution is -0.118. The Morgan fingerprint density at radius 1 is 1.56 bits per heavy atom. The van der Waals surface area contributed by atoms with Gasteiger partial charge in [0.2, 0.25) is 5.91 Å². The smallest absolute Gasteiger partial charge is 0.229 e. The molecule has 0 heterocycles. The molecule has 0 radical (unpaired) electrons. The molecule has 1 rings (SSSR count). The second kappa shape index (κ2) is 7.41. The Morgan fingerprint density at radius 2 is 2.38 bits per heavy atom. The van der Waals surface area contributed by atoms with Gasteiger partial charge in [-0.05, 0) is 18.2 Å². The Hall–Kier alpha value is -0.870. The van der Waals surface area contributed by atoms with E-state index in [1.165, 1.54) is 11.8 Å². The molecule has 0 aliphatic carbocycles. The van der Waals surface area contributed by atoms with Gasteiger partial charge in [0, 0.05) is 17.8 Å². The van der Waals surface area contributed by atoms with Crippen LogP contribution in [0, 0.1) is 0 Å². The van der Waals surface area contributed by atoms with E-state index >= 15 is 0 Å². The maximum Gasteiger partial charge on any atom is 0.229 e. The number of amides is 1. The van der Waals surface area contributed by atoms with Gasteiger partial charge < -0.3 is 10.1 Å². The average Bonchev–Trinajstić information content (AvgIpc) is 2.28. The quantitative estimate of drug-likeness (QED) is 0.796. The lowest BCUT2D eigenvalue weighted by atomic mass is 10.3. The first-order valence-corrected chi connectivity index (χ1v) is 6.42. The molecule has 0 unspecified atom stereocenters. The zero-order valence-electron chi connectivity index (χ0n) is 9.03. The lowest BCUT2D eigenvalue weighted by Crippen LogP contribution is -2.20. The van der Waals surface area contributed by atoms with Crippen LogP contribution in [0.3, 0.4) is 0 Å². The lowest BCUT2D eigenvalue weighted by Gasteiger charge is -2.05. The highest BCUT2D eigenvalue weighted by molar-refractivity contribution is 7.99. The fourth-order valence-corrected chi connectivity index (χ4v) is 1.87. The molecule has 1 amide bonds. The molecule has 0 aliphatic heterocycles. The molecule has 16 heavy (non-hydrogen) atoms. The maximum atomic E-state index is 10.9. The number of halogens is 1. The number of carbonyl (C=O) groups excluding carboxylic acids is 1. The highest BCUT2D eigenvalue weighted by Gasteiger charge is 1.98. The van der Waals surface area contributed by atoms with Crippen LogP contribution in [0.1, 0.15) is 0 Å². The van der Waals surface area contributed by atoms with Crippen molar-refractivity contribution in [3.05, 3.63) is 29.3 Å². The van der Waals surface area contributed by atoms with E-state index in [2.05, 4.69) is 5.32 Å². The molecule has 0 aromatic heterocycles. The summed E-state index contributed by atoms with van der Waals surface area (Å²) >= 11 is 7.35. The van der Waals surface area contributed by atoms with E-state index in [4.69, 9.17) is 16.3 Å². The van der Waals surface area contributed by atoms with Crippen molar-refractivity contribution < 1.29 is 9.53 Å². The van der Waals surface area contributed by atoms with E-state index in [0.717, 1.165) is 11.5 Å². The Morgan fingerprint density at radius 3 is 3.06 bits per heavy atom. The fourth-order valence-electron chi connectivity index (χ4n) is 1.01. The molecule has 1 aromatic rings. The Kier molecular flexibility index (Phi) is 6.11. The minimum atomic E-state index is 0.0350. The van der Waals surface area contributed by atoms with Gasteiger partial charge in [0.15, 0.2) is 0 Å². The summed E-state index contributed by atoms with van der Waals surface area (Å²) in [5.74, 6) is 2.04. The van der Waals surface area contributed by atoms with Crippen LogP contribution in [-0.4, -0.2) is 31.1 Å². The third-order valence-electron chi connectivity index (χ3n) is 1.80. The summed E-state index contributed by atoms with van der Waals surface area (Å²) in [7, 11) is 1.63. The Bertz CT molecular complexity index is 347. The largest absolute Gasteiger partial charge is 0.493 e. The summed E-state index contributed by atoms with van der Waals surface area (Å²) < 4.78 is 5.47.